The molecule has 1 aromatic rings. The van der Waals surface area contributed by atoms with Gasteiger partial charge in [0.1, 0.15) is 5.75 Å². The molecule has 28 heavy (non-hydrogen) atoms. The largest absolute Gasteiger partial charge is 0.495 e. The van der Waals surface area contributed by atoms with Gasteiger partial charge in [-0.2, -0.15) is 0 Å². The minimum Gasteiger partial charge on any atom is -0.495 e. The van der Waals surface area contributed by atoms with Crippen molar-refractivity contribution in [3.05, 3.63) is 24.3 Å². The van der Waals surface area contributed by atoms with Gasteiger partial charge in [0.25, 0.3) is 0 Å². The van der Waals surface area contributed by atoms with Gasteiger partial charge in [0, 0.05) is 51.5 Å². The molecule has 2 aliphatic heterocycles. The minimum absolute atomic E-state index is 0.120. The van der Waals surface area contributed by atoms with Crippen LogP contribution in [0.2, 0.25) is 0 Å². The van der Waals surface area contributed by atoms with E-state index in [4.69, 9.17) is 9.47 Å². The quantitative estimate of drug-likeness (QED) is 0.569. The number of nitrogens with one attached hydrogen (secondary N) is 2. The van der Waals surface area contributed by atoms with E-state index in [9.17, 15) is 0 Å². The smallest absolute Gasteiger partial charge is 0.191 e. The zero-order valence-corrected chi connectivity index (χ0v) is 17.7. The highest BCUT2D eigenvalue weighted by Crippen LogP contribution is 2.30. The van der Waals surface area contributed by atoms with E-state index in [1.807, 2.05) is 19.2 Å². The number of ether oxygens (including phenoxy) is 2. The molecule has 0 aliphatic carbocycles. The fourth-order valence-corrected chi connectivity index (χ4v) is 4.16. The van der Waals surface area contributed by atoms with Gasteiger partial charge in [-0.05, 0) is 45.5 Å². The van der Waals surface area contributed by atoms with Crippen LogP contribution in [0, 0.1) is 0 Å². The van der Waals surface area contributed by atoms with E-state index in [0.717, 1.165) is 69.5 Å². The number of guanidine groups is 1. The Morgan fingerprint density at radius 3 is 2.75 bits per heavy atom. The van der Waals surface area contributed by atoms with Crippen LogP contribution in [0.25, 0.3) is 0 Å². The fourth-order valence-electron chi connectivity index (χ4n) is 4.16. The van der Waals surface area contributed by atoms with Gasteiger partial charge in [-0.25, -0.2) is 0 Å². The van der Waals surface area contributed by atoms with Gasteiger partial charge in [0.2, 0.25) is 0 Å². The maximum Gasteiger partial charge on any atom is 0.191 e. The Balaban J connectivity index is 1.55. The second-order valence-electron chi connectivity index (χ2n) is 7.90. The highest BCUT2D eigenvalue weighted by Gasteiger charge is 2.35. The number of hydrogen-bond donors (Lipinski definition) is 2. The Morgan fingerprint density at radius 2 is 2.07 bits per heavy atom. The number of para-hydroxylation sites is 2. The Morgan fingerprint density at radius 1 is 1.32 bits per heavy atom. The van der Waals surface area contributed by atoms with E-state index < -0.39 is 0 Å². The predicted octanol–water partition coefficient (Wildman–Crippen LogP) is 1.55. The summed E-state index contributed by atoms with van der Waals surface area (Å²) in [5.41, 5.74) is 1.28. The molecule has 2 heterocycles. The van der Waals surface area contributed by atoms with Crippen molar-refractivity contribution in [3.8, 4) is 5.75 Å². The van der Waals surface area contributed by atoms with Crippen molar-refractivity contribution in [2.45, 2.75) is 30.8 Å². The lowest BCUT2D eigenvalue weighted by Crippen LogP contribution is -2.57. The lowest BCUT2D eigenvalue weighted by Gasteiger charge is -2.43. The average molecular weight is 390 g/mol. The molecule has 1 aromatic carbocycles. The lowest BCUT2D eigenvalue weighted by molar-refractivity contribution is -0.00502. The molecule has 1 atom stereocenters. The Kier molecular flexibility index (Phi) is 7.02. The molecule has 0 spiro atoms. The van der Waals surface area contributed by atoms with Crippen LogP contribution in [0.15, 0.2) is 29.3 Å². The van der Waals surface area contributed by atoms with Crippen molar-refractivity contribution in [2.75, 3.05) is 66.0 Å². The van der Waals surface area contributed by atoms with Gasteiger partial charge in [-0.15, -0.1) is 0 Å². The zero-order valence-electron chi connectivity index (χ0n) is 17.7. The van der Waals surface area contributed by atoms with Crippen LogP contribution in [-0.4, -0.2) is 83.5 Å². The summed E-state index contributed by atoms with van der Waals surface area (Å²) in [7, 11) is 7.89. The molecular weight excluding hydrogens is 354 g/mol. The number of hydrogen-bond acceptors (Lipinski definition) is 5. The second kappa shape index (κ2) is 9.47. The molecule has 0 saturated carbocycles. The van der Waals surface area contributed by atoms with E-state index >= 15 is 0 Å². The molecule has 2 N–H and O–H groups in total. The maximum atomic E-state index is 5.57. The number of methoxy groups -OCH3 is 1. The average Bonchev–Trinajstić information content (AvgIpc) is 3.20. The van der Waals surface area contributed by atoms with Crippen molar-refractivity contribution >= 4 is 11.6 Å². The summed E-state index contributed by atoms with van der Waals surface area (Å²) in [6.07, 6.45) is 3.15. The first-order valence-corrected chi connectivity index (χ1v) is 10.2. The molecule has 0 aromatic heterocycles. The van der Waals surface area contributed by atoms with Crippen molar-refractivity contribution in [2.24, 2.45) is 4.99 Å². The molecule has 156 valence electrons. The first-order chi connectivity index (χ1) is 13.6. The molecule has 7 nitrogen and oxygen atoms in total. The van der Waals surface area contributed by atoms with E-state index in [2.05, 4.69) is 51.7 Å². The summed E-state index contributed by atoms with van der Waals surface area (Å²) in [5.74, 6) is 1.80. The van der Waals surface area contributed by atoms with Crippen LogP contribution in [0.3, 0.4) is 0 Å². The maximum absolute atomic E-state index is 5.57. The molecule has 2 saturated heterocycles. The van der Waals surface area contributed by atoms with Crippen LogP contribution in [0.4, 0.5) is 5.69 Å². The van der Waals surface area contributed by atoms with Crippen LogP contribution in [-0.2, 0) is 4.74 Å². The summed E-state index contributed by atoms with van der Waals surface area (Å²) in [5, 5.41) is 7.17. The number of likely N-dealkylation sites (N-methyl/N-ethyl adjacent to an activating group) is 1. The SMILES string of the molecule is CN=C(NCC1(N(C)C)CCOCC1)NC1CCN(c2ccccc2OC)C1. The summed E-state index contributed by atoms with van der Waals surface area (Å²) in [6.45, 7) is 4.46. The Hall–Kier alpha value is -1.99. The van der Waals surface area contributed by atoms with Crippen LogP contribution in [0.5, 0.6) is 5.75 Å². The second-order valence-corrected chi connectivity index (χ2v) is 7.90. The number of benzene rings is 1. The molecule has 0 amide bonds. The van der Waals surface area contributed by atoms with Gasteiger partial charge < -0.3 is 29.9 Å². The molecule has 7 heteroatoms. The number of anilines is 1. The molecular formula is C21H35N5O2. The third-order valence-corrected chi connectivity index (χ3v) is 6.14. The summed E-state index contributed by atoms with van der Waals surface area (Å²) < 4.78 is 11.1. The van der Waals surface area contributed by atoms with Gasteiger partial charge in [0.05, 0.1) is 12.8 Å². The molecule has 3 rings (SSSR count). The topological polar surface area (TPSA) is 61.4 Å². The normalized spacial score (nSPS) is 22.4. The zero-order chi connectivity index (χ0) is 20.0. The highest BCUT2D eigenvalue weighted by atomic mass is 16.5. The molecule has 2 fully saturated rings. The molecule has 1 unspecified atom stereocenters. The highest BCUT2D eigenvalue weighted by molar-refractivity contribution is 5.80. The number of rotatable bonds is 6. The molecule has 2 aliphatic rings. The van der Waals surface area contributed by atoms with E-state index in [1.165, 1.54) is 0 Å². The van der Waals surface area contributed by atoms with Crippen molar-refractivity contribution in [3.63, 3.8) is 0 Å². The Labute approximate surface area is 169 Å². The summed E-state index contributed by atoms with van der Waals surface area (Å²) >= 11 is 0. The van der Waals surface area contributed by atoms with Gasteiger partial charge in [0.15, 0.2) is 5.96 Å². The summed E-state index contributed by atoms with van der Waals surface area (Å²) in [4.78, 5) is 9.17. The van der Waals surface area contributed by atoms with Crippen LogP contribution >= 0.6 is 0 Å². The van der Waals surface area contributed by atoms with E-state index in [-0.39, 0.29) is 5.54 Å². The fraction of sp³-hybridized carbons (Fsp3) is 0.667. The first kappa shape index (κ1) is 20.7. The number of aliphatic imine (C=N–C) groups is 1. The van der Waals surface area contributed by atoms with Crippen LogP contribution in [0.1, 0.15) is 19.3 Å². The predicted molar refractivity (Wildman–Crippen MR) is 115 cm³/mol. The van der Waals surface area contributed by atoms with Gasteiger partial charge >= 0.3 is 0 Å². The standard InChI is InChI=1S/C21H35N5O2/c1-22-20(23-16-21(25(2)3)10-13-28-14-11-21)24-17-9-12-26(15-17)18-7-5-6-8-19(18)27-4/h5-8,17H,9-16H2,1-4H3,(H2,22,23,24). The van der Waals surface area contributed by atoms with E-state index in [0.29, 0.717) is 6.04 Å². The van der Waals surface area contributed by atoms with Crippen LogP contribution < -0.4 is 20.3 Å². The molecule has 0 bridgehead atoms. The van der Waals surface area contributed by atoms with Gasteiger partial charge in [-0.1, -0.05) is 12.1 Å². The monoisotopic (exact) mass is 389 g/mol. The Bertz CT molecular complexity index is 658. The van der Waals surface area contributed by atoms with Crippen molar-refractivity contribution < 1.29 is 9.47 Å². The third-order valence-electron chi connectivity index (χ3n) is 6.14. The van der Waals surface area contributed by atoms with Gasteiger partial charge in [-0.3, -0.25) is 4.99 Å². The lowest BCUT2D eigenvalue weighted by atomic mass is 9.88. The first-order valence-electron chi connectivity index (χ1n) is 10.2. The van der Waals surface area contributed by atoms with Crippen molar-refractivity contribution in [1.29, 1.82) is 0 Å². The summed E-state index contributed by atoms with van der Waals surface area (Å²) in [6, 6.07) is 8.58. The number of nitrogens with zero attached hydrogens (tertiary/aromatic N) is 3. The molecule has 0 radical (unpaired) electrons. The van der Waals surface area contributed by atoms with E-state index in [1.54, 1.807) is 7.11 Å². The minimum atomic E-state index is 0.120. The third kappa shape index (κ3) is 4.70. The van der Waals surface area contributed by atoms with Crippen molar-refractivity contribution in [1.82, 2.24) is 15.5 Å².